The first-order valence-corrected chi connectivity index (χ1v) is 8.67. The standard InChI is InChI=1S/C17H25N5O3/c1-4-20(2)13-5-8-18-16(19-13)22-9-6-17(7-10-22)12(15(24)25)11-14(23)21(17)3/h5,8,12H,4,6-7,9-11H2,1-3H3,(H,24,25)/t12-/m1/s1. The number of amides is 1. The molecule has 2 saturated heterocycles. The van der Waals surface area contributed by atoms with Crippen molar-refractivity contribution in [2.45, 2.75) is 31.7 Å². The Bertz CT molecular complexity index is 672. The molecule has 8 heteroatoms. The summed E-state index contributed by atoms with van der Waals surface area (Å²) in [6.07, 6.45) is 3.07. The third-order valence-corrected chi connectivity index (χ3v) is 5.77. The van der Waals surface area contributed by atoms with Crippen LogP contribution in [0.5, 0.6) is 0 Å². The van der Waals surface area contributed by atoms with Crippen molar-refractivity contribution in [3.63, 3.8) is 0 Å². The molecule has 2 aliphatic rings. The largest absolute Gasteiger partial charge is 0.481 e. The first-order valence-electron chi connectivity index (χ1n) is 8.67. The van der Waals surface area contributed by atoms with Gasteiger partial charge in [0.05, 0.1) is 11.5 Å². The molecule has 1 aromatic heterocycles. The number of hydrogen-bond acceptors (Lipinski definition) is 6. The van der Waals surface area contributed by atoms with Gasteiger partial charge in [0.25, 0.3) is 0 Å². The lowest BCUT2D eigenvalue weighted by Crippen LogP contribution is -2.56. The minimum atomic E-state index is -0.881. The Kier molecular flexibility index (Phi) is 4.53. The van der Waals surface area contributed by atoms with Crippen molar-refractivity contribution in [1.82, 2.24) is 14.9 Å². The number of carboxylic acids is 1. The summed E-state index contributed by atoms with van der Waals surface area (Å²) in [5.41, 5.74) is -0.586. The number of anilines is 2. The minimum absolute atomic E-state index is 0.0799. The van der Waals surface area contributed by atoms with E-state index in [9.17, 15) is 14.7 Å². The number of carboxylic acid groups (broad SMARTS) is 1. The lowest BCUT2D eigenvalue weighted by atomic mass is 9.77. The van der Waals surface area contributed by atoms with Crippen molar-refractivity contribution < 1.29 is 14.7 Å². The topological polar surface area (TPSA) is 89.9 Å². The summed E-state index contributed by atoms with van der Waals surface area (Å²) in [4.78, 5) is 38.5. The normalized spacial score (nSPS) is 22.5. The van der Waals surface area contributed by atoms with E-state index in [2.05, 4.69) is 21.8 Å². The van der Waals surface area contributed by atoms with Crippen LogP contribution in [0.4, 0.5) is 11.8 Å². The summed E-state index contributed by atoms with van der Waals surface area (Å²) in [7, 11) is 3.71. The highest BCUT2D eigenvalue weighted by Gasteiger charge is 2.55. The van der Waals surface area contributed by atoms with Crippen LogP contribution >= 0.6 is 0 Å². The average Bonchev–Trinajstić information content (AvgIpc) is 2.87. The molecule has 1 aromatic rings. The molecule has 136 valence electrons. The molecular formula is C17H25N5O3. The number of hydrogen-bond donors (Lipinski definition) is 1. The highest BCUT2D eigenvalue weighted by atomic mass is 16.4. The first-order chi connectivity index (χ1) is 11.9. The van der Waals surface area contributed by atoms with Crippen molar-refractivity contribution in [2.75, 3.05) is 43.5 Å². The molecule has 1 atom stereocenters. The Morgan fingerprint density at radius 1 is 1.44 bits per heavy atom. The van der Waals surface area contributed by atoms with Gasteiger partial charge in [0.2, 0.25) is 11.9 Å². The third kappa shape index (κ3) is 2.89. The molecule has 1 amide bonds. The summed E-state index contributed by atoms with van der Waals surface area (Å²) in [6.45, 7) is 4.19. The Balaban J connectivity index is 1.77. The molecule has 0 saturated carbocycles. The van der Waals surface area contributed by atoms with Gasteiger partial charge < -0.3 is 19.8 Å². The molecule has 0 aromatic carbocycles. The Labute approximate surface area is 147 Å². The van der Waals surface area contributed by atoms with Crippen LogP contribution in [-0.4, -0.2) is 71.1 Å². The highest BCUT2D eigenvalue weighted by Crippen LogP contribution is 2.43. The van der Waals surface area contributed by atoms with E-state index in [0.717, 1.165) is 12.4 Å². The van der Waals surface area contributed by atoms with E-state index in [4.69, 9.17) is 0 Å². The molecule has 2 aliphatic heterocycles. The lowest BCUT2D eigenvalue weighted by molar-refractivity contribution is -0.145. The van der Waals surface area contributed by atoms with E-state index in [1.165, 1.54) is 0 Å². The molecule has 3 rings (SSSR count). The van der Waals surface area contributed by atoms with E-state index < -0.39 is 17.4 Å². The number of rotatable bonds is 4. The van der Waals surface area contributed by atoms with Gasteiger partial charge in [-0.15, -0.1) is 0 Å². The molecule has 3 heterocycles. The zero-order valence-corrected chi connectivity index (χ0v) is 15.0. The van der Waals surface area contributed by atoms with E-state index in [0.29, 0.717) is 31.9 Å². The van der Waals surface area contributed by atoms with Crippen LogP contribution in [-0.2, 0) is 9.59 Å². The van der Waals surface area contributed by atoms with Gasteiger partial charge in [-0.1, -0.05) is 0 Å². The fourth-order valence-electron chi connectivity index (χ4n) is 3.94. The van der Waals surface area contributed by atoms with Crippen molar-refractivity contribution in [2.24, 2.45) is 5.92 Å². The maximum atomic E-state index is 12.1. The summed E-state index contributed by atoms with van der Waals surface area (Å²) in [6, 6.07) is 1.88. The lowest BCUT2D eigenvalue weighted by Gasteiger charge is -2.45. The predicted octanol–water partition coefficient (Wildman–Crippen LogP) is 0.835. The molecule has 1 spiro atoms. The molecule has 25 heavy (non-hydrogen) atoms. The quantitative estimate of drug-likeness (QED) is 0.863. The number of nitrogens with zero attached hydrogens (tertiary/aromatic N) is 5. The van der Waals surface area contributed by atoms with Gasteiger partial charge in [0.15, 0.2) is 0 Å². The molecule has 8 nitrogen and oxygen atoms in total. The van der Waals surface area contributed by atoms with Gasteiger partial charge in [-0.2, -0.15) is 4.98 Å². The number of aliphatic carboxylic acids is 1. The molecule has 0 bridgehead atoms. The fraction of sp³-hybridized carbons (Fsp3) is 0.647. The van der Waals surface area contributed by atoms with Gasteiger partial charge in [0.1, 0.15) is 5.82 Å². The molecule has 2 fully saturated rings. The number of likely N-dealkylation sites (tertiary alicyclic amines) is 1. The monoisotopic (exact) mass is 347 g/mol. The van der Waals surface area contributed by atoms with Gasteiger partial charge >= 0.3 is 5.97 Å². The van der Waals surface area contributed by atoms with E-state index >= 15 is 0 Å². The van der Waals surface area contributed by atoms with Crippen LogP contribution < -0.4 is 9.80 Å². The second-order valence-corrected chi connectivity index (χ2v) is 6.87. The van der Waals surface area contributed by atoms with Gasteiger partial charge in [0, 0.05) is 46.3 Å². The van der Waals surface area contributed by atoms with Crippen LogP contribution in [0.3, 0.4) is 0 Å². The molecule has 0 radical (unpaired) electrons. The minimum Gasteiger partial charge on any atom is -0.481 e. The molecule has 1 N–H and O–H groups in total. The summed E-state index contributed by atoms with van der Waals surface area (Å²) in [5, 5.41) is 9.55. The Hall–Kier alpha value is -2.38. The summed E-state index contributed by atoms with van der Waals surface area (Å²) < 4.78 is 0. The van der Waals surface area contributed by atoms with E-state index in [-0.39, 0.29) is 12.3 Å². The van der Waals surface area contributed by atoms with Crippen LogP contribution in [0, 0.1) is 5.92 Å². The number of piperidine rings is 1. The SMILES string of the molecule is CCN(C)c1ccnc(N2CCC3(CC2)[C@@H](C(=O)O)CC(=O)N3C)n1. The first kappa shape index (κ1) is 17.4. The number of carbonyl (C=O) groups excluding carboxylic acids is 1. The zero-order chi connectivity index (χ0) is 18.2. The Morgan fingerprint density at radius 2 is 2.12 bits per heavy atom. The predicted molar refractivity (Wildman–Crippen MR) is 93.7 cm³/mol. The second-order valence-electron chi connectivity index (χ2n) is 6.87. The van der Waals surface area contributed by atoms with E-state index in [1.54, 1.807) is 18.1 Å². The van der Waals surface area contributed by atoms with Crippen molar-refractivity contribution in [3.8, 4) is 0 Å². The number of carbonyl (C=O) groups is 2. The Morgan fingerprint density at radius 3 is 2.72 bits per heavy atom. The molecule has 0 unspecified atom stereocenters. The average molecular weight is 347 g/mol. The van der Waals surface area contributed by atoms with Gasteiger partial charge in [-0.3, -0.25) is 9.59 Å². The van der Waals surface area contributed by atoms with Crippen LogP contribution in [0.1, 0.15) is 26.2 Å². The van der Waals surface area contributed by atoms with Gasteiger partial charge in [-0.25, -0.2) is 4.98 Å². The third-order valence-electron chi connectivity index (χ3n) is 5.77. The van der Waals surface area contributed by atoms with Crippen molar-refractivity contribution in [3.05, 3.63) is 12.3 Å². The van der Waals surface area contributed by atoms with E-state index in [1.807, 2.05) is 18.0 Å². The zero-order valence-electron chi connectivity index (χ0n) is 15.0. The second kappa shape index (κ2) is 6.50. The summed E-state index contributed by atoms with van der Waals surface area (Å²) >= 11 is 0. The maximum Gasteiger partial charge on any atom is 0.309 e. The van der Waals surface area contributed by atoms with Crippen molar-refractivity contribution >= 4 is 23.6 Å². The molecular weight excluding hydrogens is 322 g/mol. The molecule has 0 aliphatic carbocycles. The van der Waals surface area contributed by atoms with Crippen molar-refractivity contribution in [1.29, 1.82) is 0 Å². The fourth-order valence-corrected chi connectivity index (χ4v) is 3.94. The van der Waals surface area contributed by atoms with Crippen LogP contribution in [0.25, 0.3) is 0 Å². The number of aromatic nitrogens is 2. The summed E-state index contributed by atoms with van der Waals surface area (Å²) in [5.74, 6) is -0.0703. The smallest absolute Gasteiger partial charge is 0.309 e. The maximum absolute atomic E-state index is 12.1. The van der Waals surface area contributed by atoms with Crippen LogP contribution in [0.15, 0.2) is 12.3 Å². The van der Waals surface area contributed by atoms with Gasteiger partial charge in [-0.05, 0) is 25.8 Å². The van der Waals surface area contributed by atoms with Crippen LogP contribution in [0.2, 0.25) is 0 Å². The highest BCUT2D eigenvalue weighted by molar-refractivity contribution is 5.88.